The fourth-order valence-corrected chi connectivity index (χ4v) is 3.93. The van der Waals surface area contributed by atoms with E-state index >= 15 is 0 Å². The maximum atomic E-state index is 13.3. The highest BCUT2D eigenvalue weighted by Gasteiger charge is 2.50. The summed E-state index contributed by atoms with van der Waals surface area (Å²) < 4.78 is 6.15. The van der Waals surface area contributed by atoms with Crippen LogP contribution < -0.4 is 15.0 Å². The van der Waals surface area contributed by atoms with Crippen molar-refractivity contribution in [2.24, 2.45) is 0 Å². The maximum absolute atomic E-state index is 13.3. The normalized spacial score (nSPS) is 23.8. The van der Waals surface area contributed by atoms with E-state index in [0.717, 1.165) is 22.6 Å². The fraction of sp³-hybridized carbons (Fsp3) is 0.350. The lowest BCUT2D eigenvalue weighted by molar-refractivity contribution is -0.122. The van der Waals surface area contributed by atoms with Gasteiger partial charge in [0.15, 0.2) is 0 Å². The minimum Gasteiger partial charge on any atom is -0.486 e. The van der Waals surface area contributed by atoms with Crippen molar-refractivity contribution in [1.82, 2.24) is 5.32 Å². The molecule has 2 aliphatic heterocycles. The van der Waals surface area contributed by atoms with Gasteiger partial charge >= 0.3 is 0 Å². The summed E-state index contributed by atoms with van der Waals surface area (Å²) in [7, 11) is 1.91. The molecule has 4 heteroatoms. The van der Waals surface area contributed by atoms with Crippen LogP contribution >= 0.6 is 0 Å². The third-order valence-corrected chi connectivity index (χ3v) is 5.14. The Morgan fingerprint density at radius 2 is 1.83 bits per heavy atom. The Morgan fingerprint density at radius 1 is 1.12 bits per heavy atom. The largest absolute Gasteiger partial charge is 0.486 e. The van der Waals surface area contributed by atoms with Crippen LogP contribution in [0.15, 0.2) is 48.5 Å². The summed E-state index contributed by atoms with van der Waals surface area (Å²) in [5, 5.41) is 3.19. The first-order chi connectivity index (χ1) is 11.6. The Hall–Kier alpha value is -2.33. The molecule has 24 heavy (non-hydrogen) atoms. The molecule has 0 saturated heterocycles. The molecular formula is C20H22N2O2. The summed E-state index contributed by atoms with van der Waals surface area (Å²) in [6.45, 7) is 4.69. The van der Waals surface area contributed by atoms with Crippen molar-refractivity contribution < 1.29 is 9.53 Å². The number of rotatable bonds is 3. The van der Waals surface area contributed by atoms with Crippen LogP contribution in [0.4, 0.5) is 5.69 Å². The molecule has 0 aliphatic carbocycles. The van der Waals surface area contributed by atoms with E-state index in [1.807, 2.05) is 62.2 Å². The zero-order valence-electron chi connectivity index (χ0n) is 14.2. The Balaban J connectivity index is 1.86. The Labute approximate surface area is 142 Å². The fourth-order valence-electron chi connectivity index (χ4n) is 3.93. The lowest BCUT2D eigenvalue weighted by Crippen LogP contribution is -2.45. The number of benzene rings is 2. The van der Waals surface area contributed by atoms with Crippen molar-refractivity contribution in [3.63, 3.8) is 0 Å². The molecule has 4 nitrogen and oxygen atoms in total. The first-order valence-electron chi connectivity index (χ1n) is 8.39. The van der Waals surface area contributed by atoms with Crippen molar-refractivity contribution in [2.45, 2.75) is 31.4 Å². The van der Waals surface area contributed by atoms with E-state index in [0.29, 0.717) is 6.54 Å². The number of hydrogen-bond acceptors (Lipinski definition) is 3. The molecule has 0 radical (unpaired) electrons. The number of hydrogen-bond donors (Lipinski definition) is 1. The van der Waals surface area contributed by atoms with Crippen molar-refractivity contribution in [2.75, 3.05) is 18.5 Å². The molecule has 2 heterocycles. The number of carbonyl (C=O) groups excluding carboxylic acids is 1. The summed E-state index contributed by atoms with van der Waals surface area (Å²) in [6.07, 6.45) is -0.0988. The van der Waals surface area contributed by atoms with Crippen molar-refractivity contribution in [3.05, 3.63) is 59.7 Å². The van der Waals surface area contributed by atoms with Gasteiger partial charge in [-0.25, -0.2) is 0 Å². The van der Waals surface area contributed by atoms with Gasteiger partial charge in [0.1, 0.15) is 17.9 Å². The van der Waals surface area contributed by atoms with Crippen LogP contribution in [0.2, 0.25) is 0 Å². The van der Waals surface area contributed by atoms with Gasteiger partial charge in [0.05, 0.1) is 5.41 Å². The lowest BCUT2D eigenvalue weighted by Gasteiger charge is -2.30. The molecule has 0 fully saturated rings. The summed E-state index contributed by atoms with van der Waals surface area (Å²) in [6, 6.07) is 16.0. The zero-order chi connectivity index (χ0) is 16.9. The minimum atomic E-state index is -0.516. The van der Waals surface area contributed by atoms with Crippen molar-refractivity contribution in [1.29, 1.82) is 0 Å². The predicted octanol–water partition coefficient (Wildman–Crippen LogP) is 3.03. The smallest absolute Gasteiger partial charge is 0.237 e. The first kappa shape index (κ1) is 15.2. The maximum Gasteiger partial charge on any atom is 0.237 e. The Kier molecular flexibility index (Phi) is 3.39. The second-order valence-electron chi connectivity index (χ2n) is 7.01. The predicted molar refractivity (Wildman–Crippen MR) is 94.5 cm³/mol. The number of amides is 1. The SMILES string of the molecule is CNCC1Oc2ccccc2C1N1C(=O)C(C)(C)c2ccccc21. The number of ether oxygens (including phenoxy) is 1. The van der Waals surface area contributed by atoms with Gasteiger partial charge in [-0.15, -0.1) is 0 Å². The van der Waals surface area contributed by atoms with E-state index in [9.17, 15) is 4.79 Å². The highest BCUT2D eigenvalue weighted by atomic mass is 16.5. The summed E-state index contributed by atoms with van der Waals surface area (Å²) >= 11 is 0. The molecule has 0 aromatic heterocycles. The number of carbonyl (C=O) groups is 1. The first-order valence-corrected chi connectivity index (χ1v) is 8.39. The molecule has 0 bridgehead atoms. The Morgan fingerprint density at radius 3 is 2.62 bits per heavy atom. The van der Waals surface area contributed by atoms with E-state index in [2.05, 4.69) is 17.4 Å². The van der Waals surface area contributed by atoms with E-state index in [-0.39, 0.29) is 18.1 Å². The van der Waals surface area contributed by atoms with Gasteiger partial charge in [-0.1, -0.05) is 36.4 Å². The average Bonchev–Trinajstić information content (AvgIpc) is 3.02. The van der Waals surface area contributed by atoms with Gasteiger partial charge in [0, 0.05) is 17.8 Å². The van der Waals surface area contributed by atoms with Crippen LogP contribution in [0.25, 0.3) is 0 Å². The van der Waals surface area contributed by atoms with Gasteiger partial charge in [-0.2, -0.15) is 0 Å². The number of fused-ring (bicyclic) bond motifs is 2. The van der Waals surface area contributed by atoms with Gasteiger partial charge in [0.25, 0.3) is 0 Å². The number of anilines is 1. The molecule has 2 atom stereocenters. The molecular weight excluding hydrogens is 300 g/mol. The molecule has 124 valence electrons. The zero-order valence-corrected chi connectivity index (χ0v) is 14.2. The van der Waals surface area contributed by atoms with Crippen LogP contribution in [0, 0.1) is 0 Å². The third kappa shape index (κ3) is 1.99. The molecule has 0 saturated carbocycles. The standard InChI is InChI=1S/C20H22N2O2/c1-20(2)14-9-5-6-10-15(14)22(19(20)23)18-13-8-4-7-11-16(13)24-17(18)12-21-3/h4-11,17-18,21H,12H2,1-3H3. The third-order valence-electron chi connectivity index (χ3n) is 5.14. The molecule has 0 spiro atoms. The second-order valence-corrected chi connectivity index (χ2v) is 7.01. The van der Waals surface area contributed by atoms with Crippen LogP contribution in [-0.2, 0) is 10.2 Å². The van der Waals surface area contributed by atoms with Gasteiger partial charge in [-0.3, -0.25) is 9.69 Å². The number of nitrogens with zero attached hydrogens (tertiary/aromatic N) is 1. The highest BCUT2D eigenvalue weighted by molar-refractivity contribution is 6.08. The molecule has 1 amide bonds. The number of likely N-dealkylation sites (N-methyl/N-ethyl adjacent to an activating group) is 1. The number of para-hydroxylation sites is 2. The quantitative estimate of drug-likeness (QED) is 0.944. The molecule has 2 unspecified atom stereocenters. The lowest BCUT2D eigenvalue weighted by atomic mass is 9.86. The van der Waals surface area contributed by atoms with Crippen LogP contribution in [-0.4, -0.2) is 25.6 Å². The summed E-state index contributed by atoms with van der Waals surface area (Å²) in [5.41, 5.74) is 2.65. The minimum absolute atomic E-state index is 0.0988. The van der Waals surface area contributed by atoms with Crippen molar-refractivity contribution >= 4 is 11.6 Å². The number of nitrogens with one attached hydrogen (secondary N) is 1. The molecule has 2 aromatic rings. The van der Waals surface area contributed by atoms with Crippen LogP contribution in [0.3, 0.4) is 0 Å². The van der Waals surface area contributed by atoms with Crippen molar-refractivity contribution in [3.8, 4) is 5.75 Å². The summed E-state index contributed by atoms with van der Waals surface area (Å²) in [5.74, 6) is 1.01. The van der Waals surface area contributed by atoms with Gasteiger partial charge < -0.3 is 10.1 Å². The monoisotopic (exact) mass is 322 g/mol. The van der Waals surface area contributed by atoms with E-state index < -0.39 is 5.41 Å². The van der Waals surface area contributed by atoms with Crippen LogP contribution in [0.5, 0.6) is 5.75 Å². The Bertz CT molecular complexity index is 800. The molecule has 4 rings (SSSR count). The topological polar surface area (TPSA) is 41.6 Å². The van der Waals surface area contributed by atoms with E-state index in [4.69, 9.17) is 4.74 Å². The second kappa shape index (κ2) is 5.35. The van der Waals surface area contributed by atoms with Crippen LogP contribution in [0.1, 0.15) is 31.0 Å². The van der Waals surface area contributed by atoms with Gasteiger partial charge in [0.2, 0.25) is 5.91 Å². The molecule has 2 aromatic carbocycles. The van der Waals surface area contributed by atoms with E-state index in [1.54, 1.807) is 0 Å². The average molecular weight is 322 g/mol. The molecule has 1 N–H and O–H groups in total. The van der Waals surface area contributed by atoms with Gasteiger partial charge in [-0.05, 0) is 38.6 Å². The molecule has 2 aliphatic rings. The highest BCUT2D eigenvalue weighted by Crippen LogP contribution is 2.49. The van der Waals surface area contributed by atoms with E-state index in [1.165, 1.54) is 0 Å². The summed E-state index contributed by atoms with van der Waals surface area (Å²) in [4.78, 5) is 15.2.